The van der Waals surface area contributed by atoms with Crippen LogP contribution in [0.3, 0.4) is 0 Å². The smallest absolute Gasteiger partial charge is 0.406 e. The predicted molar refractivity (Wildman–Crippen MR) is 152 cm³/mol. The van der Waals surface area contributed by atoms with Crippen LogP contribution in [0.2, 0.25) is 0 Å². The Bertz CT molecular complexity index is 1560. The van der Waals surface area contributed by atoms with Gasteiger partial charge in [0, 0.05) is 26.9 Å². The summed E-state index contributed by atoms with van der Waals surface area (Å²) < 4.78 is 48.0. The minimum atomic E-state index is -4.74. The Hall–Kier alpha value is -3.70. The van der Waals surface area contributed by atoms with Crippen LogP contribution in [0.5, 0.6) is 5.75 Å². The van der Waals surface area contributed by atoms with Gasteiger partial charge in [-0.15, -0.1) is 13.2 Å². The molecule has 0 unspecified atom stereocenters. The molecule has 0 aliphatic heterocycles. The second kappa shape index (κ2) is 10.8. The van der Waals surface area contributed by atoms with E-state index in [0.717, 1.165) is 55.7 Å². The highest BCUT2D eigenvalue weighted by Crippen LogP contribution is 2.39. The van der Waals surface area contributed by atoms with Gasteiger partial charge in [-0.2, -0.15) is 5.10 Å². The number of aromatic nitrogens is 1. The van der Waals surface area contributed by atoms with Gasteiger partial charge in [-0.3, -0.25) is 5.43 Å². The Kier molecular flexibility index (Phi) is 7.46. The first-order chi connectivity index (χ1) is 18.6. The summed E-state index contributed by atoms with van der Waals surface area (Å²) in [4.78, 5) is 0. The molecular weight excluding hydrogens is 593 g/mol. The lowest BCUT2D eigenvalue weighted by atomic mass is 9.87. The van der Waals surface area contributed by atoms with Crippen LogP contribution in [0.1, 0.15) is 27.8 Å². The van der Waals surface area contributed by atoms with Crippen molar-refractivity contribution in [1.82, 2.24) is 10.6 Å². The number of halogens is 4. The van der Waals surface area contributed by atoms with Gasteiger partial charge >= 0.3 is 6.36 Å². The first-order valence-corrected chi connectivity index (χ1v) is 13.1. The Morgan fingerprint density at radius 1 is 1.08 bits per heavy atom. The van der Waals surface area contributed by atoms with E-state index in [9.17, 15) is 13.2 Å². The molecule has 0 bridgehead atoms. The van der Waals surface area contributed by atoms with Crippen molar-refractivity contribution in [2.75, 3.05) is 5.32 Å². The summed E-state index contributed by atoms with van der Waals surface area (Å²) >= 11 is 8.89. The second-order valence-electron chi connectivity index (χ2n) is 9.07. The molecule has 3 aromatic carbocycles. The standard InChI is InChI=1S/C28H22BrF3N4O2S/c1-15-11-20(29)12-16(2)24(15)34-27(39)35-33-14-17-3-9-22-19(13-17)6-10-23-25(22)36-38-26(23)18-4-7-21(8-5-18)37-28(30,31)32/h3-5,7-9,11-14H,6,10H2,1-2H3,(H2,34,35,39). The van der Waals surface area contributed by atoms with Crippen molar-refractivity contribution in [1.29, 1.82) is 0 Å². The fourth-order valence-electron chi connectivity index (χ4n) is 4.59. The van der Waals surface area contributed by atoms with Crippen LogP contribution >= 0.6 is 28.1 Å². The van der Waals surface area contributed by atoms with Crippen molar-refractivity contribution in [2.45, 2.75) is 33.1 Å². The molecule has 0 radical (unpaired) electrons. The molecule has 0 fully saturated rings. The third-order valence-electron chi connectivity index (χ3n) is 6.28. The topological polar surface area (TPSA) is 71.7 Å². The van der Waals surface area contributed by atoms with Gasteiger partial charge in [-0.05, 0) is 104 Å². The van der Waals surface area contributed by atoms with E-state index in [0.29, 0.717) is 22.9 Å². The SMILES string of the molecule is Cc1cc(Br)cc(C)c1NC(=S)NN=Cc1ccc2c(c1)CCc1c-2noc1-c1ccc(OC(F)(F)F)cc1. The predicted octanol–water partition coefficient (Wildman–Crippen LogP) is 7.71. The van der Waals surface area contributed by atoms with Crippen molar-refractivity contribution >= 4 is 45.2 Å². The van der Waals surface area contributed by atoms with E-state index in [2.05, 4.69) is 41.7 Å². The van der Waals surface area contributed by atoms with Gasteiger partial charge in [0.05, 0.1) is 6.21 Å². The molecule has 200 valence electrons. The highest BCUT2D eigenvalue weighted by atomic mass is 79.9. The molecule has 1 aromatic heterocycles. The molecule has 0 amide bonds. The lowest BCUT2D eigenvalue weighted by Gasteiger charge is -2.16. The molecule has 0 saturated carbocycles. The number of hydrazone groups is 1. The molecule has 0 saturated heterocycles. The van der Waals surface area contributed by atoms with Crippen LogP contribution in [0.4, 0.5) is 18.9 Å². The number of rotatable bonds is 5. The largest absolute Gasteiger partial charge is 0.573 e. The molecule has 11 heteroatoms. The summed E-state index contributed by atoms with van der Waals surface area (Å²) in [6.07, 6.45) is -1.61. The second-order valence-corrected chi connectivity index (χ2v) is 10.4. The third kappa shape index (κ3) is 6.15. The van der Waals surface area contributed by atoms with E-state index in [1.165, 1.54) is 24.3 Å². The van der Waals surface area contributed by atoms with Crippen LogP contribution in [0.15, 0.2) is 68.7 Å². The van der Waals surface area contributed by atoms with Crippen LogP contribution in [0.25, 0.3) is 22.6 Å². The van der Waals surface area contributed by atoms with Gasteiger partial charge < -0.3 is 14.6 Å². The number of hydrogen-bond acceptors (Lipinski definition) is 5. The number of ether oxygens (including phenoxy) is 1. The molecule has 2 N–H and O–H groups in total. The van der Waals surface area contributed by atoms with E-state index in [1.807, 2.05) is 44.2 Å². The Labute approximate surface area is 236 Å². The van der Waals surface area contributed by atoms with Crippen molar-refractivity contribution in [3.05, 3.63) is 86.9 Å². The van der Waals surface area contributed by atoms with Crippen LogP contribution in [-0.4, -0.2) is 22.8 Å². The number of nitrogens with zero attached hydrogens (tertiary/aromatic N) is 2. The summed E-state index contributed by atoms with van der Waals surface area (Å²) in [7, 11) is 0. The van der Waals surface area contributed by atoms with Gasteiger partial charge in [0.25, 0.3) is 0 Å². The number of hydrogen-bond donors (Lipinski definition) is 2. The molecule has 1 aliphatic carbocycles. The molecule has 0 spiro atoms. The quantitative estimate of drug-likeness (QED) is 0.136. The van der Waals surface area contributed by atoms with Crippen LogP contribution < -0.4 is 15.5 Å². The maximum Gasteiger partial charge on any atom is 0.573 e. The van der Waals surface area contributed by atoms with Crippen molar-refractivity contribution < 1.29 is 22.4 Å². The fraction of sp³-hybridized carbons (Fsp3) is 0.179. The number of anilines is 1. The number of alkyl halides is 3. The normalized spacial score (nSPS) is 12.7. The van der Waals surface area contributed by atoms with E-state index in [-0.39, 0.29) is 5.75 Å². The molecule has 1 heterocycles. The molecule has 6 nitrogen and oxygen atoms in total. The van der Waals surface area contributed by atoms with Crippen LogP contribution in [0, 0.1) is 13.8 Å². The zero-order valence-corrected chi connectivity index (χ0v) is 23.2. The number of aryl methyl sites for hydroxylation is 3. The Balaban J connectivity index is 1.27. The average molecular weight is 615 g/mol. The van der Waals surface area contributed by atoms with E-state index >= 15 is 0 Å². The number of thiocarbonyl (C=S) groups is 1. The van der Waals surface area contributed by atoms with Gasteiger partial charge in [0.15, 0.2) is 10.9 Å². The van der Waals surface area contributed by atoms with Crippen LogP contribution in [-0.2, 0) is 12.8 Å². The summed E-state index contributed by atoms with van der Waals surface area (Å²) in [6.45, 7) is 4.01. The first kappa shape index (κ1) is 26.9. The molecule has 1 aliphatic rings. The lowest BCUT2D eigenvalue weighted by molar-refractivity contribution is -0.274. The minimum Gasteiger partial charge on any atom is -0.406 e. The maximum absolute atomic E-state index is 12.5. The molecule has 0 atom stereocenters. The van der Waals surface area contributed by atoms with Crippen molar-refractivity contribution in [3.63, 3.8) is 0 Å². The van der Waals surface area contributed by atoms with Gasteiger partial charge in [0.2, 0.25) is 0 Å². The lowest BCUT2D eigenvalue weighted by Crippen LogP contribution is -2.24. The summed E-state index contributed by atoms with van der Waals surface area (Å²) in [5.74, 6) is 0.255. The monoisotopic (exact) mass is 614 g/mol. The van der Waals surface area contributed by atoms with Crippen molar-refractivity contribution in [3.8, 4) is 28.3 Å². The summed E-state index contributed by atoms with van der Waals surface area (Å²) in [5.41, 5.74) is 11.2. The summed E-state index contributed by atoms with van der Waals surface area (Å²) in [5, 5.41) is 12.1. The van der Waals surface area contributed by atoms with Gasteiger partial charge in [-0.1, -0.05) is 33.2 Å². The maximum atomic E-state index is 12.5. The number of benzene rings is 3. The Morgan fingerprint density at radius 2 is 1.79 bits per heavy atom. The highest BCUT2D eigenvalue weighted by Gasteiger charge is 2.31. The molecular formula is C28H22BrF3N4O2S. The zero-order valence-electron chi connectivity index (χ0n) is 20.8. The Morgan fingerprint density at radius 3 is 2.49 bits per heavy atom. The number of fused-ring (bicyclic) bond motifs is 3. The molecule has 4 aromatic rings. The van der Waals surface area contributed by atoms with Crippen molar-refractivity contribution in [2.24, 2.45) is 5.10 Å². The highest BCUT2D eigenvalue weighted by molar-refractivity contribution is 9.10. The number of nitrogens with one attached hydrogen (secondary N) is 2. The summed E-state index contributed by atoms with van der Waals surface area (Å²) in [6, 6.07) is 15.5. The fourth-order valence-corrected chi connectivity index (χ4v) is 5.44. The molecule has 39 heavy (non-hydrogen) atoms. The zero-order chi connectivity index (χ0) is 27.7. The minimum absolute atomic E-state index is 0.288. The molecule has 5 rings (SSSR count). The van der Waals surface area contributed by atoms with E-state index in [4.69, 9.17) is 16.7 Å². The third-order valence-corrected chi connectivity index (χ3v) is 6.93. The van der Waals surface area contributed by atoms with Gasteiger partial charge in [-0.25, -0.2) is 0 Å². The van der Waals surface area contributed by atoms with Gasteiger partial charge in [0.1, 0.15) is 11.4 Å². The average Bonchev–Trinajstić information content (AvgIpc) is 3.30. The van der Waals surface area contributed by atoms with E-state index < -0.39 is 6.36 Å². The first-order valence-electron chi connectivity index (χ1n) is 11.9. The van der Waals surface area contributed by atoms with E-state index in [1.54, 1.807) is 6.21 Å².